The van der Waals surface area contributed by atoms with E-state index in [1.165, 1.54) is 36.4 Å². The molecule has 0 heterocycles. The molecule has 144 valence electrons. The summed E-state index contributed by atoms with van der Waals surface area (Å²) in [5.74, 6) is -0.912. The van der Waals surface area contributed by atoms with Crippen LogP contribution in [0.2, 0.25) is 10.0 Å². The number of rotatable bonds is 5. The lowest BCUT2D eigenvalue weighted by Crippen LogP contribution is -2.17. The Kier molecular flexibility index (Phi) is 6.08. The molecule has 1 aliphatic carbocycles. The number of sulfone groups is 1. The standard InChI is InChI=1S/C19H18Cl2FNO3S/c20-16-10-17(21)18(27(25,26)11-12-3-1-2-4-12)9-15(16)19(24)23-14-7-5-13(22)6-8-14/h5-10,12H,1-4,11H2,(H,23,24). The third-order valence-electron chi connectivity index (χ3n) is 4.63. The van der Waals surface area contributed by atoms with Crippen LogP contribution in [-0.4, -0.2) is 20.1 Å². The molecular formula is C19H18Cl2FNO3S. The second-order valence-corrected chi connectivity index (χ2v) is 9.47. The number of carbonyl (C=O) groups excluding carboxylic acids is 1. The van der Waals surface area contributed by atoms with Gasteiger partial charge in [0.05, 0.1) is 26.3 Å². The van der Waals surface area contributed by atoms with Crippen molar-refractivity contribution in [1.82, 2.24) is 0 Å². The van der Waals surface area contributed by atoms with Gasteiger partial charge in [0, 0.05) is 5.69 Å². The Hall–Kier alpha value is -1.63. The van der Waals surface area contributed by atoms with Gasteiger partial charge >= 0.3 is 0 Å². The Labute approximate surface area is 167 Å². The minimum atomic E-state index is -3.65. The largest absolute Gasteiger partial charge is 0.322 e. The molecular weight excluding hydrogens is 412 g/mol. The van der Waals surface area contributed by atoms with Crippen LogP contribution in [0.3, 0.4) is 0 Å². The second kappa shape index (κ2) is 8.17. The number of carbonyl (C=O) groups is 1. The molecule has 2 aromatic carbocycles. The summed E-state index contributed by atoms with van der Waals surface area (Å²) in [6, 6.07) is 7.69. The van der Waals surface area contributed by atoms with Crippen molar-refractivity contribution in [2.45, 2.75) is 30.6 Å². The van der Waals surface area contributed by atoms with Crippen molar-refractivity contribution < 1.29 is 17.6 Å². The maximum Gasteiger partial charge on any atom is 0.257 e. The SMILES string of the molecule is O=C(Nc1ccc(F)cc1)c1cc(S(=O)(=O)CC2CCCC2)c(Cl)cc1Cl. The number of nitrogens with one attached hydrogen (secondary N) is 1. The highest BCUT2D eigenvalue weighted by molar-refractivity contribution is 7.91. The van der Waals surface area contributed by atoms with Crippen molar-refractivity contribution in [2.24, 2.45) is 5.92 Å². The second-order valence-electron chi connectivity index (χ2n) is 6.66. The highest BCUT2D eigenvalue weighted by atomic mass is 35.5. The van der Waals surface area contributed by atoms with Gasteiger partial charge in [-0.2, -0.15) is 0 Å². The first-order valence-corrected chi connectivity index (χ1v) is 11.0. The molecule has 0 aliphatic heterocycles. The highest BCUT2D eigenvalue weighted by Crippen LogP contribution is 2.33. The number of halogens is 3. The first-order valence-electron chi connectivity index (χ1n) is 8.55. The molecule has 0 aromatic heterocycles. The van der Waals surface area contributed by atoms with E-state index < -0.39 is 21.6 Å². The van der Waals surface area contributed by atoms with Crippen LogP contribution in [0, 0.1) is 11.7 Å². The molecule has 27 heavy (non-hydrogen) atoms. The zero-order chi connectivity index (χ0) is 19.6. The molecule has 1 amide bonds. The zero-order valence-corrected chi connectivity index (χ0v) is 16.7. The molecule has 3 rings (SSSR count). The smallest absolute Gasteiger partial charge is 0.257 e. The zero-order valence-electron chi connectivity index (χ0n) is 14.3. The molecule has 0 radical (unpaired) electrons. The minimum Gasteiger partial charge on any atom is -0.322 e. The third kappa shape index (κ3) is 4.81. The van der Waals surface area contributed by atoms with Crippen LogP contribution in [0.25, 0.3) is 0 Å². The normalized spacial score (nSPS) is 15.1. The van der Waals surface area contributed by atoms with Gasteiger partial charge in [0.15, 0.2) is 9.84 Å². The van der Waals surface area contributed by atoms with Crippen molar-refractivity contribution in [2.75, 3.05) is 11.1 Å². The van der Waals surface area contributed by atoms with Gasteiger partial charge in [-0.3, -0.25) is 4.79 Å². The maximum absolute atomic E-state index is 13.0. The lowest BCUT2D eigenvalue weighted by atomic mass is 10.1. The number of hydrogen-bond donors (Lipinski definition) is 1. The fraction of sp³-hybridized carbons (Fsp3) is 0.316. The molecule has 4 nitrogen and oxygen atoms in total. The van der Waals surface area contributed by atoms with Crippen LogP contribution < -0.4 is 5.32 Å². The van der Waals surface area contributed by atoms with Crippen molar-refractivity contribution >= 4 is 44.6 Å². The van der Waals surface area contributed by atoms with E-state index >= 15 is 0 Å². The molecule has 2 aromatic rings. The van der Waals surface area contributed by atoms with E-state index in [9.17, 15) is 17.6 Å². The minimum absolute atomic E-state index is 0.00340. The molecule has 0 unspecified atom stereocenters. The van der Waals surface area contributed by atoms with E-state index in [4.69, 9.17) is 23.2 Å². The highest BCUT2D eigenvalue weighted by Gasteiger charge is 2.27. The quantitative estimate of drug-likeness (QED) is 0.696. The molecule has 0 atom stereocenters. The molecule has 1 fully saturated rings. The third-order valence-corrected chi connectivity index (χ3v) is 7.29. The predicted molar refractivity (Wildman–Crippen MR) is 105 cm³/mol. The monoisotopic (exact) mass is 429 g/mol. The van der Waals surface area contributed by atoms with Gasteiger partial charge in [-0.25, -0.2) is 12.8 Å². The Balaban J connectivity index is 1.88. The van der Waals surface area contributed by atoms with Gasteiger partial charge in [0.1, 0.15) is 5.82 Å². The summed E-state index contributed by atoms with van der Waals surface area (Å²) in [4.78, 5) is 12.4. The fourth-order valence-corrected chi connectivity index (χ4v) is 5.86. The molecule has 1 saturated carbocycles. The van der Waals surface area contributed by atoms with Crippen LogP contribution in [0.4, 0.5) is 10.1 Å². The van der Waals surface area contributed by atoms with Crippen LogP contribution >= 0.6 is 23.2 Å². The molecule has 0 spiro atoms. The summed E-state index contributed by atoms with van der Waals surface area (Å²) in [6.07, 6.45) is 3.81. The molecule has 1 N–H and O–H groups in total. The van der Waals surface area contributed by atoms with Crippen molar-refractivity contribution in [3.05, 3.63) is 57.8 Å². The topological polar surface area (TPSA) is 63.2 Å². The van der Waals surface area contributed by atoms with Crippen LogP contribution in [-0.2, 0) is 9.84 Å². The van der Waals surface area contributed by atoms with Gasteiger partial charge in [0.2, 0.25) is 0 Å². The van der Waals surface area contributed by atoms with Crippen molar-refractivity contribution in [3.8, 4) is 0 Å². The lowest BCUT2D eigenvalue weighted by molar-refractivity contribution is 0.102. The van der Waals surface area contributed by atoms with Crippen LogP contribution in [0.15, 0.2) is 41.3 Å². The Morgan fingerprint density at radius 3 is 2.33 bits per heavy atom. The molecule has 8 heteroatoms. The first kappa shape index (κ1) is 20.1. The van der Waals surface area contributed by atoms with Crippen LogP contribution in [0.5, 0.6) is 0 Å². The Morgan fingerprint density at radius 2 is 1.70 bits per heavy atom. The number of anilines is 1. The average molecular weight is 430 g/mol. The lowest BCUT2D eigenvalue weighted by Gasteiger charge is -2.14. The Bertz CT molecular complexity index is 956. The number of amides is 1. The molecule has 0 saturated heterocycles. The summed E-state index contributed by atoms with van der Waals surface area (Å²) >= 11 is 12.2. The predicted octanol–water partition coefficient (Wildman–Crippen LogP) is 5.35. The van der Waals surface area contributed by atoms with Crippen molar-refractivity contribution in [3.63, 3.8) is 0 Å². The molecule has 0 bridgehead atoms. The number of benzene rings is 2. The summed E-state index contributed by atoms with van der Waals surface area (Å²) in [5.41, 5.74) is 0.359. The van der Waals surface area contributed by atoms with E-state index in [0.29, 0.717) is 5.69 Å². The van der Waals surface area contributed by atoms with Gasteiger partial charge in [-0.1, -0.05) is 36.0 Å². The number of hydrogen-bond acceptors (Lipinski definition) is 3. The fourth-order valence-electron chi connectivity index (χ4n) is 3.25. The average Bonchev–Trinajstić information content (AvgIpc) is 3.08. The molecule has 1 aliphatic rings. The van der Waals surface area contributed by atoms with Gasteiger partial charge in [0.25, 0.3) is 5.91 Å². The van der Waals surface area contributed by atoms with E-state index in [0.717, 1.165) is 25.7 Å². The van der Waals surface area contributed by atoms with E-state index in [-0.39, 0.29) is 32.2 Å². The van der Waals surface area contributed by atoms with E-state index in [1.807, 2.05) is 0 Å². The first-order chi connectivity index (χ1) is 12.8. The Morgan fingerprint density at radius 1 is 1.07 bits per heavy atom. The summed E-state index contributed by atoms with van der Waals surface area (Å²) < 4.78 is 38.6. The van der Waals surface area contributed by atoms with Crippen molar-refractivity contribution in [1.29, 1.82) is 0 Å². The van der Waals surface area contributed by atoms with E-state index in [2.05, 4.69) is 5.32 Å². The summed E-state index contributed by atoms with van der Waals surface area (Å²) in [7, 11) is -3.65. The maximum atomic E-state index is 13.0. The summed E-state index contributed by atoms with van der Waals surface area (Å²) in [5, 5.41) is 2.61. The van der Waals surface area contributed by atoms with Crippen LogP contribution in [0.1, 0.15) is 36.0 Å². The van der Waals surface area contributed by atoms with Gasteiger partial charge in [-0.05, 0) is 55.2 Å². The van der Waals surface area contributed by atoms with Gasteiger partial charge < -0.3 is 5.32 Å². The van der Waals surface area contributed by atoms with Gasteiger partial charge in [-0.15, -0.1) is 0 Å². The van der Waals surface area contributed by atoms with E-state index in [1.54, 1.807) is 0 Å². The summed E-state index contributed by atoms with van der Waals surface area (Å²) in [6.45, 7) is 0.